The van der Waals surface area contributed by atoms with Crippen LogP contribution in [0.15, 0.2) is 35.3 Å². The van der Waals surface area contributed by atoms with Gasteiger partial charge in [0.2, 0.25) is 0 Å². The van der Waals surface area contributed by atoms with Gasteiger partial charge in [0.05, 0.1) is 36.3 Å². The number of carbonyl (C=O) groups excluding carboxylic acids is 1. The second kappa shape index (κ2) is 7.25. The van der Waals surface area contributed by atoms with E-state index in [2.05, 4.69) is 9.84 Å². The van der Waals surface area contributed by atoms with Gasteiger partial charge in [-0.15, -0.1) is 0 Å². The highest BCUT2D eigenvalue weighted by Gasteiger charge is 2.21. The van der Waals surface area contributed by atoms with Crippen molar-refractivity contribution in [3.63, 3.8) is 0 Å². The van der Waals surface area contributed by atoms with Gasteiger partial charge in [-0.3, -0.25) is 4.79 Å². The summed E-state index contributed by atoms with van der Waals surface area (Å²) in [4.78, 5) is 26.0. The zero-order valence-electron chi connectivity index (χ0n) is 13.7. The molecular weight excluding hydrogens is 346 g/mol. The fourth-order valence-corrected chi connectivity index (χ4v) is 3.04. The van der Waals surface area contributed by atoms with Gasteiger partial charge in [0, 0.05) is 13.1 Å². The van der Waals surface area contributed by atoms with E-state index < -0.39 is 11.5 Å². The summed E-state index contributed by atoms with van der Waals surface area (Å²) in [5.74, 6) is -0.451. The third kappa shape index (κ3) is 3.52. The summed E-state index contributed by atoms with van der Waals surface area (Å²) in [6, 6.07) is 6.33. The fourth-order valence-electron chi connectivity index (χ4n) is 2.79. The van der Waals surface area contributed by atoms with E-state index >= 15 is 0 Å². The number of nitrogens with zero attached hydrogens (tertiary/aromatic N) is 3. The van der Waals surface area contributed by atoms with Crippen LogP contribution in [0, 0.1) is 0 Å². The highest BCUT2D eigenvalue weighted by molar-refractivity contribution is 6.33. The molecule has 0 aliphatic carbocycles. The number of piperidine rings is 1. The molecule has 3 rings (SSSR count). The number of aliphatic hydroxyl groups excluding tert-OH is 1. The van der Waals surface area contributed by atoms with Crippen LogP contribution in [0.25, 0.3) is 5.69 Å². The van der Waals surface area contributed by atoms with Crippen LogP contribution in [0.4, 0.5) is 5.69 Å². The molecular formula is C17H18ClN3O4. The van der Waals surface area contributed by atoms with Crippen LogP contribution in [-0.4, -0.2) is 47.2 Å². The van der Waals surface area contributed by atoms with E-state index in [1.807, 2.05) is 4.90 Å². The largest absolute Gasteiger partial charge is 0.465 e. The summed E-state index contributed by atoms with van der Waals surface area (Å²) < 4.78 is 5.83. The minimum atomic E-state index is -0.451. The van der Waals surface area contributed by atoms with Gasteiger partial charge in [-0.2, -0.15) is 9.78 Å². The Morgan fingerprint density at radius 1 is 1.28 bits per heavy atom. The first kappa shape index (κ1) is 17.4. The molecule has 1 saturated heterocycles. The molecule has 1 aliphatic heterocycles. The number of hydrogen-bond acceptors (Lipinski definition) is 6. The average molecular weight is 364 g/mol. The summed E-state index contributed by atoms with van der Waals surface area (Å²) in [7, 11) is 1.31. The Morgan fingerprint density at radius 3 is 2.52 bits per heavy atom. The van der Waals surface area contributed by atoms with E-state index in [4.69, 9.17) is 11.6 Å². The quantitative estimate of drug-likeness (QED) is 0.834. The third-order valence-electron chi connectivity index (χ3n) is 4.24. The van der Waals surface area contributed by atoms with Crippen molar-refractivity contribution in [1.29, 1.82) is 0 Å². The van der Waals surface area contributed by atoms with Crippen LogP contribution in [0.2, 0.25) is 5.02 Å². The summed E-state index contributed by atoms with van der Waals surface area (Å²) in [5, 5.41) is 13.9. The van der Waals surface area contributed by atoms with Crippen LogP contribution in [0.3, 0.4) is 0 Å². The van der Waals surface area contributed by atoms with Gasteiger partial charge in [0.25, 0.3) is 5.56 Å². The SMILES string of the molecule is COC(=O)c1ccc(-n2ncc(N3CCC(O)CC3)c(Cl)c2=O)cc1. The molecule has 132 valence electrons. The number of halogens is 1. The third-order valence-corrected chi connectivity index (χ3v) is 4.59. The number of hydrogen-bond donors (Lipinski definition) is 1. The zero-order chi connectivity index (χ0) is 18.0. The second-order valence-corrected chi connectivity index (χ2v) is 6.20. The lowest BCUT2D eigenvalue weighted by Gasteiger charge is -2.31. The highest BCUT2D eigenvalue weighted by atomic mass is 35.5. The van der Waals surface area contributed by atoms with Gasteiger partial charge in [0.15, 0.2) is 0 Å². The minimum absolute atomic E-state index is 0.0865. The number of aliphatic hydroxyl groups is 1. The maximum atomic E-state index is 12.6. The molecule has 8 heteroatoms. The molecule has 0 amide bonds. The molecule has 0 saturated carbocycles. The monoisotopic (exact) mass is 363 g/mol. The van der Waals surface area contributed by atoms with Crippen molar-refractivity contribution in [2.45, 2.75) is 18.9 Å². The molecule has 2 aromatic rings. The molecule has 1 aliphatic rings. The first-order valence-corrected chi connectivity index (χ1v) is 8.28. The van der Waals surface area contributed by atoms with Crippen LogP contribution in [-0.2, 0) is 4.74 Å². The van der Waals surface area contributed by atoms with E-state index in [0.717, 1.165) is 0 Å². The minimum Gasteiger partial charge on any atom is -0.465 e. The number of esters is 1. The standard InChI is InChI=1S/C17H18ClN3O4/c1-25-17(24)11-2-4-12(5-3-11)21-16(23)15(18)14(10-19-21)20-8-6-13(22)7-9-20/h2-5,10,13,22H,6-9H2,1H3. The number of aromatic nitrogens is 2. The molecule has 0 radical (unpaired) electrons. The van der Waals surface area contributed by atoms with Crippen molar-refractivity contribution in [3.8, 4) is 5.69 Å². The van der Waals surface area contributed by atoms with Crippen LogP contribution in [0.1, 0.15) is 23.2 Å². The maximum absolute atomic E-state index is 12.6. The molecule has 7 nitrogen and oxygen atoms in total. The number of anilines is 1. The van der Waals surface area contributed by atoms with E-state index in [-0.39, 0.29) is 11.1 Å². The van der Waals surface area contributed by atoms with Crippen LogP contribution in [0.5, 0.6) is 0 Å². The van der Waals surface area contributed by atoms with Gasteiger partial charge in [-0.25, -0.2) is 4.79 Å². The Balaban J connectivity index is 1.90. The zero-order valence-corrected chi connectivity index (χ0v) is 14.4. The molecule has 1 fully saturated rings. The van der Waals surface area contributed by atoms with Gasteiger partial charge in [-0.05, 0) is 37.1 Å². The molecule has 1 N–H and O–H groups in total. The van der Waals surface area contributed by atoms with Crippen LogP contribution >= 0.6 is 11.6 Å². The van der Waals surface area contributed by atoms with Crippen LogP contribution < -0.4 is 10.5 Å². The number of rotatable bonds is 3. The molecule has 0 bridgehead atoms. The first-order chi connectivity index (χ1) is 12.0. The van der Waals surface area contributed by atoms with Gasteiger partial charge >= 0.3 is 5.97 Å². The summed E-state index contributed by atoms with van der Waals surface area (Å²) in [5.41, 5.74) is 1.02. The summed E-state index contributed by atoms with van der Waals surface area (Å²) in [6.45, 7) is 1.25. The lowest BCUT2D eigenvalue weighted by molar-refractivity contribution is 0.0600. The fraction of sp³-hybridized carbons (Fsp3) is 0.353. The number of ether oxygens (including phenoxy) is 1. The van der Waals surface area contributed by atoms with Crippen molar-refractivity contribution in [1.82, 2.24) is 9.78 Å². The van der Waals surface area contributed by atoms with E-state index in [1.165, 1.54) is 11.8 Å². The van der Waals surface area contributed by atoms with Gasteiger partial charge in [0.1, 0.15) is 5.02 Å². The first-order valence-electron chi connectivity index (χ1n) is 7.91. The molecule has 0 spiro atoms. The summed E-state index contributed by atoms with van der Waals surface area (Å²) >= 11 is 6.27. The average Bonchev–Trinajstić information content (AvgIpc) is 2.64. The van der Waals surface area contributed by atoms with Crippen molar-refractivity contribution in [2.75, 3.05) is 25.1 Å². The molecule has 25 heavy (non-hydrogen) atoms. The predicted molar refractivity (Wildman–Crippen MR) is 93.6 cm³/mol. The number of carbonyl (C=O) groups is 1. The molecule has 0 atom stereocenters. The highest BCUT2D eigenvalue weighted by Crippen LogP contribution is 2.25. The second-order valence-electron chi connectivity index (χ2n) is 5.82. The van der Waals surface area contributed by atoms with Crippen molar-refractivity contribution in [2.24, 2.45) is 0 Å². The lowest BCUT2D eigenvalue weighted by Crippen LogP contribution is -2.37. The Morgan fingerprint density at radius 2 is 1.92 bits per heavy atom. The van der Waals surface area contributed by atoms with Crippen molar-refractivity contribution < 1.29 is 14.6 Å². The molecule has 2 heterocycles. The van der Waals surface area contributed by atoms with E-state index in [9.17, 15) is 14.7 Å². The summed E-state index contributed by atoms with van der Waals surface area (Å²) in [6.07, 6.45) is 2.51. The smallest absolute Gasteiger partial charge is 0.337 e. The topological polar surface area (TPSA) is 84.7 Å². The Hall–Kier alpha value is -2.38. The molecule has 0 unspecified atom stereocenters. The normalized spacial score (nSPS) is 15.2. The van der Waals surface area contributed by atoms with Gasteiger partial charge < -0.3 is 14.7 Å². The molecule has 1 aromatic heterocycles. The maximum Gasteiger partial charge on any atom is 0.337 e. The Bertz CT molecular complexity index is 827. The van der Waals surface area contributed by atoms with E-state index in [1.54, 1.807) is 30.5 Å². The van der Waals surface area contributed by atoms with Gasteiger partial charge in [-0.1, -0.05) is 11.6 Å². The predicted octanol–water partition coefficient (Wildman–Crippen LogP) is 1.63. The lowest BCUT2D eigenvalue weighted by atomic mass is 10.1. The van der Waals surface area contributed by atoms with Crippen molar-refractivity contribution >= 4 is 23.3 Å². The Labute approximate surface area is 149 Å². The Kier molecular flexibility index (Phi) is 5.06. The van der Waals surface area contributed by atoms with E-state index in [0.29, 0.717) is 42.9 Å². The number of benzene rings is 1. The van der Waals surface area contributed by atoms with Crippen molar-refractivity contribution in [3.05, 3.63) is 51.4 Å². The molecule has 1 aromatic carbocycles. The number of methoxy groups -OCH3 is 1.